The Morgan fingerprint density at radius 1 is 0.833 bits per heavy atom. The van der Waals surface area contributed by atoms with Gasteiger partial charge in [0.1, 0.15) is 6.04 Å². The number of amides is 2. The lowest BCUT2D eigenvalue weighted by Crippen LogP contribution is -2.45. The van der Waals surface area contributed by atoms with Crippen molar-refractivity contribution in [2.45, 2.75) is 25.9 Å². The lowest BCUT2D eigenvalue weighted by molar-refractivity contribution is -0.123. The summed E-state index contributed by atoms with van der Waals surface area (Å²) in [6.07, 6.45) is 0. The highest BCUT2D eigenvalue weighted by atomic mass is 35.5. The maximum atomic E-state index is 12.2. The summed E-state index contributed by atoms with van der Waals surface area (Å²) in [7, 11) is 0. The number of rotatable bonds is 5. The van der Waals surface area contributed by atoms with E-state index in [1.165, 1.54) is 0 Å². The van der Waals surface area contributed by atoms with Crippen LogP contribution in [0.15, 0.2) is 48.5 Å². The van der Waals surface area contributed by atoms with E-state index >= 15 is 0 Å². The van der Waals surface area contributed by atoms with Gasteiger partial charge in [-0.25, -0.2) is 0 Å². The second kappa shape index (κ2) is 8.18. The Hall–Kier alpha value is -2.04. The third-order valence-electron chi connectivity index (χ3n) is 3.58. The van der Waals surface area contributed by atoms with E-state index in [0.29, 0.717) is 15.6 Å². The minimum atomic E-state index is -0.664. The van der Waals surface area contributed by atoms with Crippen molar-refractivity contribution in [1.82, 2.24) is 10.6 Å². The molecule has 2 unspecified atom stereocenters. The lowest BCUT2D eigenvalue weighted by atomic mass is 10.1. The van der Waals surface area contributed by atoms with Crippen molar-refractivity contribution in [2.75, 3.05) is 0 Å². The minimum Gasteiger partial charge on any atom is -0.348 e. The average molecular weight is 365 g/mol. The van der Waals surface area contributed by atoms with Crippen LogP contribution in [0, 0.1) is 0 Å². The third kappa shape index (κ3) is 4.98. The molecule has 2 amide bonds. The average Bonchev–Trinajstić information content (AvgIpc) is 2.55. The van der Waals surface area contributed by atoms with Gasteiger partial charge in [0.2, 0.25) is 5.91 Å². The van der Waals surface area contributed by atoms with E-state index in [2.05, 4.69) is 10.6 Å². The van der Waals surface area contributed by atoms with Crippen molar-refractivity contribution in [1.29, 1.82) is 0 Å². The fourth-order valence-corrected chi connectivity index (χ4v) is 2.37. The van der Waals surface area contributed by atoms with Crippen LogP contribution in [0.4, 0.5) is 0 Å². The molecule has 2 aromatic carbocycles. The Morgan fingerprint density at radius 3 is 1.88 bits per heavy atom. The number of hydrogen-bond acceptors (Lipinski definition) is 2. The maximum Gasteiger partial charge on any atom is 0.251 e. The first-order chi connectivity index (χ1) is 11.4. The molecule has 24 heavy (non-hydrogen) atoms. The van der Waals surface area contributed by atoms with Gasteiger partial charge in [-0.1, -0.05) is 35.3 Å². The van der Waals surface area contributed by atoms with Crippen molar-refractivity contribution in [2.24, 2.45) is 0 Å². The first kappa shape index (κ1) is 18.3. The van der Waals surface area contributed by atoms with E-state index in [9.17, 15) is 9.59 Å². The van der Waals surface area contributed by atoms with Gasteiger partial charge in [-0.2, -0.15) is 0 Å². The van der Waals surface area contributed by atoms with Crippen LogP contribution >= 0.6 is 23.2 Å². The zero-order valence-corrected chi connectivity index (χ0v) is 14.9. The fraction of sp³-hybridized carbons (Fsp3) is 0.222. The van der Waals surface area contributed by atoms with E-state index in [1.807, 2.05) is 19.1 Å². The summed E-state index contributed by atoms with van der Waals surface area (Å²) >= 11 is 11.6. The van der Waals surface area contributed by atoms with Crippen LogP contribution in [-0.2, 0) is 4.79 Å². The highest BCUT2D eigenvalue weighted by molar-refractivity contribution is 6.30. The SMILES string of the molecule is CC(NC(=O)c1ccc(Cl)cc1)C(=O)NC(C)c1ccc(Cl)cc1. The van der Waals surface area contributed by atoms with Crippen LogP contribution in [0.25, 0.3) is 0 Å². The van der Waals surface area contributed by atoms with Crippen molar-refractivity contribution in [3.05, 3.63) is 69.7 Å². The molecule has 0 aliphatic carbocycles. The van der Waals surface area contributed by atoms with Gasteiger partial charge in [-0.15, -0.1) is 0 Å². The Balaban J connectivity index is 1.92. The van der Waals surface area contributed by atoms with Crippen molar-refractivity contribution in [3.8, 4) is 0 Å². The van der Waals surface area contributed by atoms with Crippen molar-refractivity contribution in [3.63, 3.8) is 0 Å². The van der Waals surface area contributed by atoms with Crippen molar-refractivity contribution >= 4 is 35.0 Å². The fourth-order valence-electron chi connectivity index (χ4n) is 2.12. The van der Waals surface area contributed by atoms with Crippen molar-refractivity contribution < 1.29 is 9.59 Å². The van der Waals surface area contributed by atoms with Gasteiger partial charge in [0.25, 0.3) is 5.91 Å². The molecule has 0 aliphatic rings. The predicted octanol–water partition coefficient (Wildman–Crippen LogP) is 3.99. The van der Waals surface area contributed by atoms with Crippen LogP contribution < -0.4 is 10.6 Å². The molecule has 0 bridgehead atoms. The van der Waals surface area contributed by atoms with Gasteiger partial charge in [-0.3, -0.25) is 9.59 Å². The number of carbonyl (C=O) groups is 2. The second-order valence-electron chi connectivity index (χ2n) is 5.48. The summed E-state index contributed by atoms with van der Waals surface area (Å²) in [5.74, 6) is -0.590. The lowest BCUT2D eigenvalue weighted by Gasteiger charge is -2.19. The van der Waals surface area contributed by atoms with Gasteiger partial charge in [-0.05, 0) is 55.8 Å². The summed E-state index contributed by atoms with van der Waals surface area (Å²) in [5.41, 5.74) is 1.38. The zero-order valence-electron chi connectivity index (χ0n) is 13.3. The summed E-state index contributed by atoms with van der Waals surface area (Å²) in [5, 5.41) is 6.72. The summed E-state index contributed by atoms with van der Waals surface area (Å²) < 4.78 is 0. The topological polar surface area (TPSA) is 58.2 Å². The largest absolute Gasteiger partial charge is 0.348 e. The van der Waals surface area contributed by atoms with Crippen LogP contribution in [0.3, 0.4) is 0 Å². The summed E-state index contributed by atoms with van der Waals surface area (Å²) in [4.78, 5) is 24.4. The molecule has 0 saturated heterocycles. The van der Waals surface area contributed by atoms with E-state index in [-0.39, 0.29) is 17.9 Å². The second-order valence-corrected chi connectivity index (χ2v) is 6.36. The smallest absolute Gasteiger partial charge is 0.251 e. The predicted molar refractivity (Wildman–Crippen MR) is 96.4 cm³/mol. The number of halogens is 2. The zero-order chi connectivity index (χ0) is 17.7. The van der Waals surface area contributed by atoms with Gasteiger partial charge < -0.3 is 10.6 Å². The molecule has 2 N–H and O–H groups in total. The number of carbonyl (C=O) groups excluding carboxylic acids is 2. The molecule has 6 heteroatoms. The summed E-state index contributed by atoms with van der Waals surface area (Å²) in [6, 6.07) is 12.9. The molecule has 0 aromatic heterocycles. The number of hydrogen-bond donors (Lipinski definition) is 2. The standard InChI is InChI=1S/C18H18Cl2N2O2/c1-11(13-3-7-15(19)8-4-13)21-17(23)12(2)22-18(24)14-5-9-16(20)10-6-14/h3-12H,1-2H3,(H,21,23)(H,22,24). The molecule has 126 valence electrons. The highest BCUT2D eigenvalue weighted by Gasteiger charge is 2.18. The molecule has 0 fully saturated rings. The Labute approximate surface area is 151 Å². The van der Waals surface area contributed by atoms with Crippen LogP contribution in [0.2, 0.25) is 10.0 Å². The van der Waals surface area contributed by atoms with E-state index in [0.717, 1.165) is 5.56 Å². The molecule has 0 spiro atoms. The minimum absolute atomic E-state index is 0.190. The highest BCUT2D eigenvalue weighted by Crippen LogP contribution is 2.16. The molecule has 0 heterocycles. The van der Waals surface area contributed by atoms with E-state index in [1.54, 1.807) is 43.3 Å². The van der Waals surface area contributed by atoms with Crippen LogP contribution in [0.5, 0.6) is 0 Å². The van der Waals surface area contributed by atoms with Crippen LogP contribution in [-0.4, -0.2) is 17.9 Å². The first-order valence-corrected chi connectivity index (χ1v) is 8.24. The Bertz CT molecular complexity index is 715. The molecule has 2 rings (SSSR count). The molecule has 0 aliphatic heterocycles. The molecular weight excluding hydrogens is 347 g/mol. The molecule has 0 radical (unpaired) electrons. The van der Waals surface area contributed by atoms with Gasteiger partial charge in [0.05, 0.1) is 6.04 Å². The number of benzene rings is 2. The van der Waals surface area contributed by atoms with E-state index in [4.69, 9.17) is 23.2 Å². The quantitative estimate of drug-likeness (QED) is 0.842. The summed E-state index contributed by atoms with van der Waals surface area (Å²) in [6.45, 7) is 3.51. The van der Waals surface area contributed by atoms with E-state index < -0.39 is 6.04 Å². The molecule has 4 nitrogen and oxygen atoms in total. The maximum absolute atomic E-state index is 12.2. The van der Waals surface area contributed by atoms with Crippen LogP contribution in [0.1, 0.15) is 35.8 Å². The van der Waals surface area contributed by atoms with Gasteiger partial charge in [0, 0.05) is 15.6 Å². The molecular formula is C18H18Cl2N2O2. The Kier molecular flexibility index (Phi) is 6.23. The third-order valence-corrected chi connectivity index (χ3v) is 4.08. The monoisotopic (exact) mass is 364 g/mol. The van der Waals surface area contributed by atoms with Gasteiger partial charge in [0.15, 0.2) is 0 Å². The normalized spacial score (nSPS) is 13.0. The Morgan fingerprint density at radius 2 is 1.33 bits per heavy atom. The molecule has 2 atom stereocenters. The molecule has 0 saturated carbocycles. The molecule has 2 aromatic rings. The number of nitrogens with one attached hydrogen (secondary N) is 2. The first-order valence-electron chi connectivity index (χ1n) is 7.49. The van der Waals surface area contributed by atoms with Gasteiger partial charge >= 0.3 is 0 Å².